The highest BCUT2D eigenvalue weighted by atomic mass is 35.5. The number of aliphatic carboxylic acids is 1. The van der Waals surface area contributed by atoms with Crippen LogP contribution in [0.3, 0.4) is 0 Å². The van der Waals surface area contributed by atoms with Gasteiger partial charge in [0.05, 0.1) is 23.0 Å². The van der Waals surface area contributed by atoms with Gasteiger partial charge in [-0.1, -0.05) is 37.4 Å². The quantitative estimate of drug-likeness (QED) is 0.183. The first-order valence-electron chi connectivity index (χ1n) is 12.6. The average Bonchev–Trinajstić information content (AvgIpc) is 2.90. The number of hydrogen-bond donors (Lipinski definition) is 3. The minimum Gasteiger partial charge on any atom is -0.491 e. The maximum absolute atomic E-state index is 14.4. The number of alkyl halides is 3. The molecule has 3 N–H and O–H groups in total. The summed E-state index contributed by atoms with van der Waals surface area (Å²) in [6.07, 6.45) is -2.13. The average molecular weight is 581 g/mol. The molecule has 3 aromatic carbocycles. The molecule has 0 aliphatic carbocycles. The Morgan fingerprint density at radius 3 is 2.33 bits per heavy atom. The van der Waals surface area contributed by atoms with Crippen LogP contribution in [-0.4, -0.2) is 36.2 Å². The first kappa shape index (κ1) is 30.7. The lowest BCUT2D eigenvalue weighted by Crippen LogP contribution is -2.27. The summed E-state index contributed by atoms with van der Waals surface area (Å²) in [4.78, 5) is 22.8. The van der Waals surface area contributed by atoms with Crippen LogP contribution in [-0.2, 0) is 11.0 Å². The van der Waals surface area contributed by atoms with Gasteiger partial charge in [-0.2, -0.15) is 13.2 Å². The van der Waals surface area contributed by atoms with Gasteiger partial charge in [-0.3, -0.25) is 9.59 Å². The second-order valence-electron chi connectivity index (χ2n) is 9.11. The number of halogens is 5. The van der Waals surface area contributed by atoms with Gasteiger partial charge in [0.2, 0.25) is 0 Å². The summed E-state index contributed by atoms with van der Waals surface area (Å²) >= 11 is 6.34. The van der Waals surface area contributed by atoms with Crippen LogP contribution in [0.25, 0.3) is 11.1 Å². The monoisotopic (exact) mass is 580 g/mol. The smallest absolute Gasteiger partial charge is 0.416 e. The number of unbranched alkanes of at least 4 members (excludes halogenated alkanes) is 1. The van der Waals surface area contributed by atoms with Crippen molar-refractivity contribution in [2.24, 2.45) is 0 Å². The van der Waals surface area contributed by atoms with Gasteiger partial charge in [0.15, 0.2) is 0 Å². The van der Waals surface area contributed by atoms with Crippen LogP contribution in [0.4, 0.5) is 23.2 Å². The van der Waals surface area contributed by atoms with Crippen molar-refractivity contribution in [3.63, 3.8) is 0 Å². The Morgan fingerprint density at radius 2 is 1.73 bits per heavy atom. The van der Waals surface area contributed by atoms with E-state index in [0.29, 0.717) is 17.4 Å². The summed E-state index contributed by atoms with van der Waals surface area (Å²) in [6.45, 7) is 2.37. The zero-order chi connectivity index (χ0) is 29.3. The van der Waals surface area contributed by atoms with Gasteiger partial charge in [-0.15, -0.1) is 0 Å². The number of hydrogen-bond acceptors (Lipinski definition) is 4. The third-order valence-corrected chi connectivity index (χ3v) is 6.34. The molecule has 1 atom stereocenters. The summed E-state index contributed by atoms with van der Waals surface area (Å²) in [5.74, 6) is -1.97. The van der Waals surface area contributed by atoms with Crippen molar-refractivity contribution in [1.29, 1.82) is 0 Å². The number of carboxylic acids is 1. The molecule has 1 unspecified atom stereocenters. The molecular weight excluding hydrogens is 552 g/mol. The second kappa shape index (κ2) is 14.0. The van der Waals surface area contributed by atoms with E-state index in [2.05, 4.69) is 17.6 Å². The Labute approximate surface area is 234 Å². The molecule has 0 aromatic heterocycles. The van der Waals surface area contributed by atoms with Crippen molar-refractivity contribution in [1.82, 2.24) is 5.32 Å². The fraction of sp³-hybridized carbons (Fsp3) is 0.310. The van der Waals surface area contributed by atoms with E-state index in [-0.39, 0.29) is 47.7 Å². The number of benzene rings is 3. The van der Waals surface area contributed by atoms with Crippen LogP contribution in [0, 0.1) is 5.82 Å². The van der Waals surface area contributed by atoms with Crippen LogP contribution in [0.1, 0.15) is 48.5 Å². The van der Waals surface area contributed by atoms with Crippen molar-refractivity contribution in [3.8, 4) is 16.9 Å². The number of ether oxygens (including phenoxy) is 1. The third kappa shape index (κ3) is 8.87. The number of carbonyl (C=O) groups excluding carboxylic acids is 1. The summed E-state index contributed by atoms with van der Waals surface area (Å²) in [5.41, 5.74) is 0.276. The van der Waals surface area contributed by atoms with E-state index in [0.717, 1.165) is 37.1 Å². The molecule has 40 heavy (non-hydrogen) atoms. The Morgan fingerprint density at radius 1 is 1.02 bits per heavy atom. The minimum absolute atomic E-state index is 0.0366. The molecule has 3 rings (SSSR count). The van der Waals surface area contributed by atoms with Gasteiger partial charge in [-0.25, -0.2) is 4.39 Å². The molecule has 0 bridgehead atoms. The van der Waals surface area contributed by atoms with Crippen molar-refractivity contribution in [2.45, 2.75) is 44.8 Å². The van der Waals surface area contributed by atoms with E-state index < -0.39 is 23.5 Å². The van der Waals surface area contributed by atoms with Crippen molar-refractivity contribution >= 4 is 29.2 Å². The van der Waals surface area contributed by atoms with Gasteiger partial charge in [-0.05, 0) is 61.0 Å². The van der Waals surface area contributed by atoms with Crippen LogP contribution in [0.5, 0.6) is 5.75 Å². The SMILES string of the molecule is CCCCC(COc1ccc(-c2ccc(C(F)(F)F)cc2F)c(Cl)c1)Nc1ccc(C(=O)NCCC(=O)O)cc1. The molecule has 214 valence electrons. The highest BCUT2D eigenvalue weighted by Crippen LogP contribution is 2.36. The van der Waals surface area contributed by atoms with Gasteiger partial charge in [0, 0.05) is 28.9 Å². The fourth-order valence-electron chi connectivity index (χ4n) is 3.90. The molecule has 0 aliphatic rings. The maximum atomic E-state index is 14.4. The van der Waals surface area contributed by atoms with E-state index in [1.807, 2.05) is 0 Å². The lowest BCUT2D eigenvalue weighted by atomic mass is 10.0. The zero-order valence-corrected chi connectivity index (χ0v) is 22.4. The molecule has 0 saturated carbocycles. The number of anilines is 1. The van der Waals surface area contributed by atoms with Crippen LogP contribution in [0.2, 0.25) is 5.02 Å². The molecule has 3 aromatic rings. The predicted octanol–water partition coefficient (Wildman–Crippen LogP) is 7.42. The van der Waals surface area contributed by atoms with Gasteiger partial charge in [0.25, 0.3) is 5.91 Å². The number of carboxylic acid groups (broad SMARTS) is 1. The summed E-state index contributed by atoms with van der Waals surface area (Å²) in [6, 6.07) is 13.5. The van der Waals surface area contributed by atoms with Crippen molar-refractivity contribution < 1.29 is 37.0 Å². The van der Waals surface area contributed by atoms with E-state index in [9.17, 15) is 27.2 Å². The fourth-order valence-corrected chi connectivity index (χ4v) is 4.17. The Hall–Kier alpha value is -3.79. The first-order valence-corrected chi connectivity index (χ1v) is 13.0. The Kier molecular flexibility index (Phi) is 10.8. The third-order valence-electron chi connectivity index (χ3n) is 6.03. The molecule has 0 fully saturated rings. The van der Waals surface area contributed by atoms with Crippen molar-refractivity contribution in [2.75, 3.05) is 18.5 Å². The number of rotatable bonds is 13. The number of amides is 1. The molecule has 0 spiro atoms. The summed E-state index contributed by atoms with van der Waals surface area (Å²) in [7, 11) is 0. The lowest BCUT2D eigenvalue weighted by molar-refractivity contribution is -0.138. The molecule has 0 heterocycles. The van der Waals surface area contributed by atoms with E-state index in [4.69, 9.17) is 21.4 Å². The highest BCUT2D eigenvalue weighted by Gasteiger charge is 2.31. The lowest BCUT2D eigenvalue weighted by Gasteiger charge is -2.21. The summed E-state index contributed by atoms with van der Waals surface area (Å²) < 4.78 is 59.0. The standard InChI is InChI=1S/C29H29ClF4N2O4/c1-2-3-4-21(36-20-8-5-18(6-9-20)28(39)35-14-13-27(37)38)17-40-22-10-12-23(25(30)16-22)24-11-7-19(15-26(24)31)29(32,33)34/h5-12,15-16,21,36H,2-4,13-14,17H2,1H3,(H,35,39)(H,37,38). The minimum atomic E-state index is -4.65. The molecular formula is C29H29ClF4N2O4. The van der Waals surface area contributed by atoms with Crippen LogP contribution in [0.15, 0.2) is 60.7 Å². The largest absolute Gasteiger partial charge is 0.491 e. The second-order valence-corrected chi connectivity index (χ2v) is 9.51. The molecule has 0 saturated heterocycles. The number of nitrogens with one attached hydrogen (secondary N) is 2. The van der Waals surface area contributed by atoms with E-state index in [1.54, 1.807) is 30.3 Å². The Bertz CT molecular complexity index is 1320. The summed E-state index contributed by atoms with van der Waals surface area (Å²) in [5, 5.41) is 14.7. The topological polar surface area (TPSA) is 87.7 Å². The molecule has 0 aliphatic heterocycles. The van der Waals surface area contributed by atoms with Gasteiger partial charge in [0.1, 0.15) is 18.2 Å². The van der Waals surface area contributed by atoms with Crippen LogP contribution < -0.4 is 15.4 Å². The Balaban J connectivity index is 1.64. The van der Waals surface area contributed by atoms with Crippen molar-refractivity contribution in [3.05, 3.63) is 82.6 Å². The maximum Gasteiger partial charge on any atom is 0.416 e. The van der Waals surface area contributed by atoms with Gasteiger partial charge < -0.3 is 20.5 Å². The van der Waals surface area contributed by atoms with E-state index in [1.165, 1.54) is 12.1 Å². The predicted molar refractivity (Wildman–Crippen MR) is 145 cm³/mol. The number of carbonyl (C=O) groups is 2. The highest BCUT2D eigenvalue weighted by molar-refractivity contribution is 6.33. The molecule has 1 amide bonds. The normalized spacial score (nSPS) is 12.1. The van der Waals surface area contributed by atoms with E-state index >= 15 is 0 Å². The first-order chi connectivity index (χ1) is 19.0. The van der Waals surface area contributed by atoms with Crippen LogP contribution >= 0.6 is 11.6 Å². The molecule has 11 heteroatoms. The van der Waals surface area contributed by atoms with Gasteiger partial charge >= 0.3 is 12.1 Å². The zero-order valence-electron chi connectivity index (χ0n) is 21.7. The molecule has 6 nitrogen and oxygen atoms in total. The molecule has 0 radical (unpaired) electrons.